The molecule has 0 radical (unpaired) electrons. The zero-order valence-electron chi connectivity index (χ0n) is 11.4. The summed E-state index contributed by atoms with van der Waals surface area (Å²) in [5.74, 6) is 0.563. The van der Waals surface area contributed by atoms with Crippen LogP contribution in [0.4, 0.5) is 0 Å². The van der Waals surface area contributed by atoms with Crippen LogP contribution in [0.15, 0.2) is 23.8 Å². The Kier molecular flexibility index (Phi) is 4.96. The third-order valence-corrected chi connectivity index (χ3v) is 3.77. The second-order valence-corrected chi connectivity index (χ2v) is 5.89. The van der Waals surface area contributed by atoms with Gasteiger partial charge in [0.25, 0.3) is 0 Å². The summed E-state index contributed by atoms with van der Waals surface area (Å²) >= 11 is 0. The smallest absolute Gasteiger partial charge is 0.0849 e. The first-order chi connectivity index (χ1) is 7.80. The maximum Gasteiger partial charge on any atom is 0.0849 e. The molecule has 0 bridgehead atoms. The molecule has 17 heavy (non-hydrogen) atoms. The molecule has 0 spiro atoms. The van der Waals surface area contributed by atoms with Crippen molar-refractivity contribution < 1.29 is 10.2 Å². The quantitative estimate of drug-likeness (QED) is 0.722. The standard InChI is InChI=1S/C15H26O2/c1-11-5-8-13(9-6-11)12(2)7-10-14(16)15(3,4)17/h5,13-14,16-17H,2,6-10H2,1,3-4H3/t13-,14-/m0/s1. The summed E-state index contributed by atoms with van der Waals surface area (Å²) < 4.78 is 0. The number of aliphatic hydroxyl groups excluding tert-OH is 1. The Labute approximate surface area is 105 Å². The Hall–Kier alpha value is -0.600. The Balaban J connectivity index is 2.36. The van der Waals surface area contributed by atoms with Gasteiger partial charge in [-0.15, -0.1) is 0 Å². The predicted octanol–water partition coefficient (Wildman–Crippen LogP) is 3.20. The topological polar surface area (TPSA) is 40.5 Å². The van der Waals surface area contributed by atoms with Crippen LogP contribution in [0.5, 0.6) is 0 Å². The SMILES string of the molecule is C=C(CC[C@H](O)C(C)(C)O)[C@H]1CC=C(C)CC1. The maximum atomic E-state index is 9.77. The largest absolute Gasteiger partial charge is 0.390 e. The maximum absolute atomic E-state index is 9.77. The van der Waals surface area contributed by atoms with Gasteiger partial charge in [0.15, 0.2) is 0 Å². The molecule has 0 aliphatic heterocycles. The number of allylic oxidation sites excluding steroid dienone is 3. The minimum absolute atomic E-state index is 0.563. The molecule has 98 valence electrons. The van der Waals surface area contributed by atoms with Crippen molar-refractivity contribution in [2.24, 2.45) is 5.92 Å². The third kappa shape index (κ3) is 4.64. The van der Waals surface area contributed by atoms with Gasteiger partial charge in [-0.25, -0.2) is 0 Å². The fraction of sp³-hybridized carbons (Fsp3) is 0.733. The van der Waals surface area contributed by atoms with Gasteiger partial charge in [-0.05, 0) is 58.8 Å². The molecular weight excluding hydrogens is 212 g/mol. The van der Waals surface area contributed by atoms with Crippen molar-refractivity contribution in [2.45, 2.75) is 64.6 Å². The van der Waals surface area contributed by atoms with Gasteiger partial charge < -0.3 is 10.2 Å². The highest BCUT2D eigenvalue weighted by atomic mass is 16.3. The highest BCUT2D eigenvalue weighted by Crippen LogP contribution is 2.31. The Morgan fingerprint density at radius 1 is 1.59 bits per heavy atom. The van der Waals surface area contributed by atoms with Crippen LogP contribution in [0.1, 0.15) is 52.9 Å². The second-order valence-electron chi connectivity index (χ2n) is 5.89. The lowest BCUT2D eigenvalue weighted by Crippen LogP contribution is -2.35. The fourth-order valence-corrected chi connectivity index (χ4v) is 2.22. The van der Waals surface area contributed by atoms with Crippen LogP contribution in [0, 0.1) is 5.92 Å². The van der Waals surface area contributed by atoms with E-state index in [1.54, 1.807) is 13.8 Å². The van der Waals surface area contributed by atoms with E-state index in [0.717, 1.165) is 19.3 Å². The van der Waals surface area contributed by atoms with Gasteiger partial charge in [0.1, 0.15) is 0 Å². The van der Waals surface area contributed by atoms with Crippen molar-refractivity contribution in [2.75, 3.05) is 0 Å². The predicted molar refractivity (Wildman–Crippen MR) is 71.8 cm³/mol. The molecule has 2 N–H and O–H groups in total. The molecule has 0 fully saturated rings. The van der Waals surface area contributed by atoms with Gasteiger partial charge in [0.2, 0.25) is 0 Å². The van der Waals surface area contributed by atoms with Crippen LogP contribution in [-0.4, -0.2) is 21.9 Å². The highest BCUT2D eigenvalue weighted by molar-refractivity contribution is 5.11. The normalized spacial score (nSPS) is 23.1. The first-order valence-corrected chi connectivity index (χ1v) is 6.54. The Morgan fingerprint density at radius 2 is 2.24 bits per heavy atom. The van der Waals surface area contributed by atoms with Crippen molar-refractivity contribution in [3.05, 3.63) is 23.8 Å². The highest BCUT2D eigenvalue weighted by Gasteiger charge is 2.25. The number of hydrogen-bond donors (Lipinski definition) is 2. The molecule has 0 saturated carbocycles. The van der Waals surface area contributed by atoms with E-state index in [1.807, 2.05) is 0 Å². The Bertz CT molecular complexity index is 297. The fourth-order valence-electron chi connectivity index (χ4n) is 2.22. The van der Waals surface area contributed by atoms with Gasteiger partial charge in [-0.1, -0.05) is 23.8 Å². The molecule has 2 atom stereocenters. The summed E-state index contributed by atoms with van der Waals surface area (Å²) in [5.41, 5.74) is 1.69. The summed E-state index contributed by atoms with van der Waals surface area (Å²) in [7, 11) is 0. The Morgan fingerprint density at radius 3 is 2.71 bits per heavy atom. The molecule has 0 aromatic rings. The number of rotatable bonds is 5. The molecule has 0 amide bonds. The lowest BCUT2D eigenvalue weighted by atomic mass is 9.82. The van der Waals surface area contributed by atoms with Gasteiger partial charge in [0.05, 0.1) is 11.7 Å². The minimum atomic E-state index is -1.01. The van der Waals surface area contributed by atoms with E-state index in [4.69, 9.17) is 0 Å². The summed E-state index contributed by atoms with van der Waals surface area (Å²) in [6.07, 6.45) is 6.47. The zero-order chi connectivity index (χ0) is 13.1. The molecule has 2 heteroatoms. The van der Waals surface area contributed by atoms with Crippen molar-refractivity contribution in [3.63, 3.8) is 0 Å². The van der Waals surface area contributed by atoms with Crippen LogP contribution < -0.4 is 0 Å². The number of aliphatic hydroxyl groups is 2. The zero-order valence-corrected chi connectivity index (χ0v) is 11.4. The molecule has 1 aliphatic carbocycles. The molecule has 0 heterocycles. The average Bonchev–Trinajstić information content (AvgIpc) is 2.25. The molecule has 2 nitrogen and oxygen atoms in total. The summed E-state index contributed by atoms with van der Waals surface area (Å²) in [6.45, 7) is 9.60. The van der Waals surface area contributed by atoms with Crippen LogP contribution in [0.25, 0.3) is 0 Å². The molecule has 0 aromatic heterocycles. The van der Waals surface area contributed by atoms with E-state index < -0.39 is 11.7 Å². The van der Waals surface area contributed by atoms with Crippen molar-refractivity contribution >= 4 is 0 Å². The van der Waals surface area contributed by atoms with Gasteiger partial charge in [0, 0.05) is 0 Å². The second kappa shape index (κ2) is 5.83. The van der Waals surface area contributed by atoms with E-state index in [9.17, 15) is 10.2 Å². The molecule has 1 rings (SSSR count). The van der Waals surface area contributed by atoms with Gasteiger partial charge in [-0.2, -0.15) is 0 Å². The summed E-state index contributed by atoms with van der Waals surface area (Å²) in [5, 5.41) is 19.4. The van der Waals surface area contributed by atoms with Crippen LogP contribution in [-0.2, 0) is 0 Å². The molecule has 0 aromatic carbocycles. The molecule has 0 saturated heterocycles. The monoisotopic (exact) mass is 238 g/mol. The van der Waals surface area contributed by atoms with Crippen LogP contribution in [0.3, 0.4) is 0 Å². The minimum Gasteiger partial charge on any atom is -0.390 e. The van der Waals surface area contributed by atoms with E-state index in [-0.39, 0.29) is 0 Å². The van der Waals surface area contributed by atoms with Crippen molar-refractivity contribution in [1.82, 2.24) is 0 Å². The van der Waals surface area contributed by atoms with E-state index >= 15 is 0 Å². The third-order valence-electron chi connectivity index (χ3n) is 3.77. The number of hydrogen-bond acceptors (Lipinski definition) is 2. The van der Waals surface area contributed by atoms with Crippen LogP contribution in [0.2, 0.25) is 0 Å². The lowest BCUT2D eigenvalue weighted by molar-refractivity contribution is -0.0511. The first kappa shape index (κ1) is 14.5. The van der Waals surface area contributed by atoms with E-state index in [0.29, 0.717) is 12.3 Å². The van der Waals surface area contributed by atoms with E-state index in [1.165, 1.54) is 17.6 Å². The first-order valence-electron chi connectivity index (χ1n) is 6.54. The van der Waals surface area contributed by atoms with Crippen LogP contribution >= 0.6 is 0 Å². The summed E-state index contributed by atoms with van der Waals surface area (Å²) in [4.78, 5) is 0. The average molecular weight is 238 g/mol. The summed E-state index contributed by atoms with van der Waals surface area (Å²) in [6, 6.07) is 0. The van der Waals surface area contributed by atoms with Gasteiger partial charge >= 0.3 is 0 Å². The molecular formula is C15H26O2. The van der Waals surface area contributed by atoms with Crippen molar-refractivity contribution in [1.29, 1.82) is 0 Å². The van der Waals surface area contributed by atoms with Gasteiger partial charge in [-0.3, -0.25) is 0 Å². The lowest BCUT2D eigenvalue weighted by Gasteiger charge is -2.27. The van der Waals surface area contributed by atoms with Crippen molar-refractivity contribution in [3.8, 4) is 0 Å². The molecule has 0 unspecified atom stereocenters. The van der Waals surface area contributed by atoms with E-state index in [2.05, 4.69) is 19.6 Å². The molecule has 1 aliphatic rings.